The van der Waals surface area contributed by atoms with Crippen LogP contribution in [-0.4, -0.2) is 4.98 Å². The Morgan fingerprint density at radius 1 is 1.55 bits per heavy atom. The van der Waals surface area contributed by atoms with E-state index in [9.17, 15) is 8.78 Å². The number of aryl methyl sites for hydroxylation is 1. The van der Waals surface area contributed by atoms with Crippen LogP contribution in [0.5, 0.6) is 0 Å². The number of hydrogen-bond donors (Lipinski definition) is 1. The second-order valence-electron chi connectivity index (χ2n) is 2.27. The summed E-state index contributed by atoms with van der Waals surface area (Å²) in [6, 6.07) is 1.19. The number of pyridine rings is 1. The van der Waals surface area contributed by atoms with Crippen molar-refractivity contribution in [2.45, 2.75) is 13.3 Å². The van der Waals surface area contributed by atoms with Crippen LogP contribution in [0.2, 0.25) is 0 Å². The minimum Gasteiger partial charge on any atom is -0.398 e. The van der Waals surface area contributed by atoms with E-state index in [0.717, 1.165) is 5.56 Å². The SMILES string of the molecule is Cc1cnc(C(F)F)cc1N. The summed E-state index contributed by atoms with van der Waals surface area (Å²) in [7, 11) is 0. The van der Waals surface area contributed by atoms with E-state index in [-0.39, 0.29) is 5.69 Å². The van der Waals surface area contributed by atoms with Gasteiger partial charge >= 0.3 is 0 Å². The van der Waals surface area contributed by atoms with Crippen LogP contribution in [0.3, 0.4) is 0 Å². The van der Waals surface area contributed by atoms with E-state index in [1.54, 1.807) is 6.92 Å². The van der Waals surface area contributed by atoms with Gasteiger partial charge in [-0.1, -0.05) is 0 Å². The second-order valence-corrected chi connectivity index (χ2v) is 2.27. The molecule has 0 spiro atoms. The van der Waals surface area contributed by atoms with Gasteiger partial charge in [0.25, 0.3) is 6.43 Å². The fourth-order valence-electron chi connectivity index (χ4n) is 0.676. The van der Waals surface area contributed by atoms with E-state index in [1.807, 2.05) is 0 Å². The lowest BCUT2D eigenvalue weighted by atomic mass is 10.2. The van der Waals surface area contributed by atoms with Gasteiger partial charge < -0.3 is 5.73 Å². The number of nitrogen functional groups attached to an aromatic ring is 1. The van der Waals surface area contributed by atoms with E-state index < -0.39 is 6.43 Å². The van der Waals surface area contributed by atoms with Gasteiger partial charge in [-0.05, 0) is 18.6 Å². The number of aromatic nitrogens is 1. The highest BCUT2D eigenvalue weighted by molar-refractivity contribution is 5.45. The molecule has 0 radical (unpaired) electrons. The van der Waals surface area contributed by atoms with Gasteiger partial charge in [-0.3, -0.25) is 4.98 Å². The van der Waals surface area contributed by atoms with Crippen LogP contribution in [0.25, 0.3) is 0 Å². The zero-order valence-electron chi connectivity index (χ0n) is 6.01. The molecule has 0 aliphatic carbocycles. The van der Waals surface area contributed by atoms with Crippen LogP contribution < -0.4 is 5.73 Å². The maximum absolute atomic E-state index is 12.0. The normalized spacial score (nSPS) is 10.5. The molecule has 1 aromatic heterocycles. The molecule has 1 aromatic rings. The molecule has 1 heterocycles. The van der Waals surface area contributed by atoms with Crippen LogP contribution in [0.15, 0.2) is 12.3 Å². The van der Waals surface area contributed by atoms with Crippen molar-refractivity contribution in [3.05, 3.63) is 23.5 Å². The lowest BCUT2D eigenvalue weighted by molar-refractivity contribution is 0.146. The van der Waals surface area contributed by atoms with Crippen molar-refractivity contribution in [3.63, 3.8) is 0 Å². The van der Waals surface area contributed by atoms with Crippen LogP contribution in [-0.2, 0) is 0 Å². The van der Waals surface area contributed by atoms with Crippen LogP contribution in [0, 0.1) is 6.92 Å². The first-order valence-corrected chi connectivity index (χ1v) is 3.11. The summed E-state index contributed by atoms with van der Waals surface area (Å²) < 4.78 is 23.9. The third-order valence-electron chi connectivity index (χ3n) is 1.39. The third kappa shape index (κ3) is 1.63. The van der Waals surface area contributed by atoms with E-state index in [0.29, 0.717) is 5.69 Å². The molecule has 0 amide bonds. The molecule has 1 rings (SSSR count). The van der Waals surface area contributed by atoms with Gasteiger partial charge in [0.05, 0.1) is 0 Å². The van der Waals surface area contributed by atoms with Crippen molar-refractivity contribution in [3.8, 4) is 0 Å². The van der Waals surface area contributed by atoms with Gasteiger partial charge in [0, 0.05) is 11.9 Å². The Balaban J connectivity index is 3.05. The summed E-state index contributed by atoms with van der Waals surface area (Å²) in [5.41, 5.74) is 6.19. The first-order valence-electron chi connectivity index (χ1n) is 3.11. The predicted molar refractivity (Wildman–Crippen MR) is 38.3 cm³/mol. The zero-order valence-corrected chi connectivity index (χ0v) is 6.01. The van der Waals surface area contributed by atoms with Gasteiger partial charge in [-0.2, -0.15) is 0 Å². The topological polar surface area (TPSA) is 38.9 Å². The number of nitrogens with two attached hydrogens (primary N) is 1. The first kappa shape index (κ1) is 7.91. The molecule has 0 atom stereocenters. The van der Waals surface area contributed by atoms with Crippen molar-refractivity contribution in [1.29, 1.82) is 0 Å². The monoisotopic (exact) mass is 158 g/mol. The first-order chi connectivity index (χ1) is 5.11. The molecule has 0 saturated carbocycles. The summed E-state index contributed by atoms with van der Waals surface area (Å²) in [6.07, 6.45) is -1.20. The number of anilines is 1. The third-order valence-corrected chi connectivity index (χ3v) is 1.39. The molecule has 0 fully saturated rings. The maximum atomic E-state index is 12.0. The average Bonchev–Trinajstić information content (AvgIpc) is 1.94. The van der Waals surface area contributed by atoms with Gasteiger partial charge in [0.2, 0.25) is 0 Å². The molecule has 0 bridgehead atoms. The van der Waals surface area contributed by atoms with E-state index in [4.69, 9.17) is 5.73 Å². The Hall–Kier alpha value is -1.19. The summed E-state index contributed by atoms with van der Waals surface area (Å²) in [6.45, 7) is 1.72. The Labute approximate surface area is 63.1 Å². The number of rotatable bonds is 1. The molecular weight excluding hydrogens is 150 g/mol. The molecule has 0 unspecified atom stereocenters. The van der Waals surface area contributed by atoms with Gasteiger partial charge in [0.15, 0.2) is 0 Å². The predicted octanol–water partition coefficient (Wildman–Crippen LogP) is 1.91. The quantitative estimate of drug-likeness (QED) is 0.678. The van der Waals surface area contributed by atoms with Gasteiger partial charge in [-0.15, -0.1) is 0 Å². The van der Waals surface area contributed by atoms with Crippen molar-refractivity contribution < 1.29 is 8.78 Å². The Bertz CT molecular complexity index is 261. The highest BCUT2D eigenvalue weighted by Crippen LogP contribution is 2.19. The molecule has 0 saturated heterocycles. The summed E-state index contributed by atoms with van der Waals surface area (Å²) >= 11 is 0. The maximum Gasteiger partial charge on any atom is 0.280 e. The molecule has 0 aliphatic rings. The molecule has 2 N–H and O–H groups in total. The lowest BCUT2D eigenvalue weighted by Crippen LogP contribution is -1.95. The van der Waals surface area contributed by atoms with Crippen LogP contribution >= 0.6 is 0 Å². The fraction of sp³-hybridized carbons (Fsp3) is 0.286. The average molecular weight is 158 g/mol. The standard InChI is InChI=1S/C7H8F2N2/c1-4-3-11-6(7(8)9)2-5(4)10/h2-3,7H,1H3,(H2,10,11). The van der Waals surface area contributed by atoms with Crippen LogP contribution in [0.4, 0.5) is 14.5 Å². The smallest absolute Gasteiger partial charge is 0.280 e. The number of hydrogen-bond acceptors (Lipinski definition) is 2. The summed E-state index contributed by atoms with van der Waals surface area (Å²) in [5, 5.41) is 0. The Morgan fingerprint density at radius 2 is 2.18 bits per heavy atom. The summed E-state index contributed by atoms with van der Waals surface area (Å²) in [5.74, 6) is 0. The van der Waals surface area contributed by atoms with Crippen molar-refractivity contribution in [1.82, 2.24) is 4.98 Å². The molecule has 11 heavy (non-hydrogen) atoms. The summed E-state index contributed by atoms with van der Waals surface area (Å²) in [4.78, 5) is 3.51. The van der Waals surface area contributed by atoms with Crippen molar-refractivity contribution in [2.24, 2.45) is 0 Å². The fourth-order valence-corrected chi connectivity index (χ4v) is 0.676. The minimum absolute atomic E-state index is 0.270. The Kier molecular flexibility index (Phi) is 2.03. The molecule has 60 valence electrons. The molecule has 4 heteroatoms. The molecule has 0 aliphatic heterocycles. The highest BCUT2D eigenvalue weighted by atomic mass is 19.3. The van der Waals surface area contributed by atoms with Crippen LogP contribution in [0.1, 0.15) is 17.7 Å². The van der Waals surface area contributed by atoms with E-state index in [2.05, 4.69) is 4.98 Å². The van der Waals surface area contributed by atoms with Crippen molar-refractivity contribution in [2.75, 3.05) is 5.73 Å². The van der Waals surface area contributed by atoms with Gasteiger partial charge in [0.1, 0.15) is 5.69 Å². The number of alkyl halides is 2. The Morgan fingerprint density at radius 3 is 2.64 bits per heavy atom. The highest BCUT2D eigenvalue weighted by Gasteiger charge is 2.08. The molecular formula is C7H8F2N2. The minimum atomic E-state index is -2.54. The second kappa shape index (κ2) is 2.82. The lowest BCUT2D eigenvalue weighted by Gasteiger charge is -2.01. The van der Waals surface area contributed by atoms with Crippen molar-refractivity contribution >= 4 is 5.69 Å². The number of nitrogens with zero attached hydrogens (tertiary/aromatic N) is 1. The zero-order chi connectivity index (χ0) is 8.43. The molecule has 0 aromatic carbocycles. The molecule has 2 nitrogen and oxygen atoms in total. The van der Waals surface area contributed by atoms with E-state index >= 15 is 0 Å². The largest absolute Gasteiger partial charge is 0.398 e. The number of halogens is 2. The van der Waals surface area contributed by atoms with Gasteiger partial charge in [-0.25, -0.2) is 8.78 Å². The van der Waals surface area contributed by atoms with E-state index in [1.165, 1.54) is 12.3 Å².